The van der Waals surface area contributed by atoms with Crippen LogP contribution in [0.2, 0.25) is 0 Å². The lowest BCUT2D eigenvalue weighted by Gasteiger charge is -2.61. The molecule has 0 radical (unpaired) electrons. The highest BCUT2D eigenvalue weighted by molar-refractivity contribution is 5.09. The Morgan fingerprint density at radius 3 is 2.29 bits per heavy atom. The number of rotatable bonds is 5. The lowest BCUT2D eigenvalue weighted by molar-refractivity contribution is -0.116. The first kappa shape index (κ1) is 21.2. The Morgan fingerprint density at radius 2 is 1.54 bits per heavy atom. The Hall–Kier alpha value is -0.0400. The Balaban J connectivity index is 1.46. The van der Waals surface area contributed by atoms with Gasteiger partial charge in [0.25, 0.3) is 0 Å². The van der Waals surface area contributed by atoms with E-state index < -0.39 is 0 Å². The van der Waals surface area contributed by atoms with Crippen molar-refractivity contribution in [2.24, 2.45) is 58.0 Å². The van der Waals surface area contributed by atoms with Gasteiger partial charge in [-0.3, -0.25) is 0 Å². The number of hydrogen-bond donors (Lipinski definition) is 1. The van der Waals surface area contributed by atoms with Crippen molar-refractivity contribution in [2.75, 3.05) is 0 Å². The van der Waals surface area contributed by atoms with Crippen molar-refractivity contribution in [3.63, 3.8) is 0 Å². The topological polar surface area (TPSA) is 26.0 Å². The third-order valence-electron chi connectivity index (χ3n) is 10.9. The van der Waals surface area contributed by atoms with E-state index in [4.69, 9.17) is 5.73 Å². The maximum atomic E-state index is 6.39. The molecule has 0 amide bonds. The van der Waals surface area contributed by atoms with Crippen molar-refractivity contribution in [1.29, 1.82) is 0 Å². The first-order valence-corrected chi connectivity index (χ1v) is 13.0. The smallest absolute Gasteiger partial charge is 0.00418 e. The van der Waals surface area contributed by atoms with Gasteiger partial charge in [0.15, 0.2) is 0 Å². The van der Waals surface area contributed by atoms with Crippen LogP contribution in [0.4, 0.5) is 0 Å². The molecule has 4 fully saturated rings. The van der Waals surface area contributed by atoms with Gasteiger partial charge in [-0.15, -0.1) is 0 Å². The zero-order chi connectivity index (χ0) is 20.1. The molecule has 1 nitrogen and oxygen atoms in total. The highest BCUT2D eigenvalue weighted by atomic mass is 14.7. The molecule has 0 spiro atoms. The molecule has 0 aromatic rings. The first-order chi connectivity index (χ1) is 13.3. The van der Waals surface area contributed by atoms with Crippen molar-refractivity contribution < 1.29 is 0 Å². The van der Waals surface area contributed by atoms with Gasteiger partial charge in [0.2, 0.25) is 0 Å². The minimum absolute atomic E-state index is 0.492. The van der Waals surface area contributed by atoms with Gasteiger partial charge in [0.05, 0.1) is 0 Å². The molecule has 0 heterocycles. The van der Waals surface area contributed by atoms with Crippen molar-refractivity contribution in [3.05, 3.63) is 0 Å². The van der Waals surface area contributed by atoms with Gasteiger partial charge in [-0.25, -0.2) is 0 Å². The zero-order valence-corrected chi connectivity index (χ0v) is 19.7. The van der Waals surface area contributed by atoms with Crippen LogP contribution in [0.15, 0.2) is 0 Å². The fourth-order valence-corrected chi connectivity index (χ4v) is 9.32. The summed E-state index contributed by atoms with van der Waals surface area (Å²) in [6.45, 7) is 12.8. The zero-order valence-electron chi connectivity index (χ0n) is 19.7. The monoisotopic (exact) mass is 387 g/mol. The molecule has 162 valence electrons. The highest BCUT2D eigenvalue weighted by Crippen LogP contribution is 2.68. The van der Waals surface area contributed by atoms with E-state index in [0.717, 1.165) is 41.4 Å². The average Bonchev–Trinajstić information content (AvgIpc) is 2.99. The van der Waals surface area contributed by atoms with E-state index in [9.17, 15) is 0 Å². The van der Waals surface area contributed by atoms with Gasteiger partial charge in [0.1, 0.15) is 0 Å². The highest BCUT2D eigenvalue weighted by Gasteiger charge is 2.60. The molecule has 4 rings (SSSR count). The molecule has 1 heteroatoms. The SMILES string of the molecule is CC(C)CCCC(C)[C@H]1CCC2C3CCC4CC(N)CC[C@]4(C)C3CC[C@@]21C. The molecule has 0 aromatic carbocycles. The lowest BCUT2D eigenvalue weighted by atomic mass is 9.44. The molecule has 0 saturated heterocycles. The summed E-state index contributed by atoms with van der Waals surface area (Å²) in [6.07, 6.45) is 17.5. The minimum atomic E-state index is 0.492. The van der Waals surface area contributed by atoms with Crippen LogP contribution in [0, 0.1) is 52.3 Å². The van der Waals surface area contributed by atoms with E-state index >= 15 is 0 Å². The van der Waals surface area contributed by atoms with Crippen LogP contribution in [-0.4, -0.2) is 6.04 Å². The minimum Gasteiger partial charge on any atom is -0.328 e. The van der Waals surface area contributed by atoms with Gasteiger partial charge in [-0.05, 0) is 110 Å². The number of nitrogens with two attached hydrogens (primary N) is 1. The van der Waals surface area contributed by atoms with Gasteiger partial charge >= 0.3 is 0 Å². The van der Waals surface area contributed by atoms with Crippen LogP contribution in [-0.2, 0) is 0 Å². The molecule has 4 aliphatic rings. The fraction of sp³-hybridized carbons (Fsp3) is 1.00. The molecule has 4 aliphatic carbocycles. The van der Waals surface area contributed by atoms with E-state index in [-0.39, 0.29) is 0 Å². The van der Waals surface area contributed by atoms with Crippen molar-refractivity contribution in [1.82, 2.24) is 0 Å². The molecule has 9 atom stereocenters. The fourth-order valence-electron chi connectivity index (χ4n) is 9.32. The Bertz CT molecular complexity index is 540. The second-order valence-electron chi connectivity index (χ2n) is 12.7. The predicted octanol–water partition coefficient (Wildman–Crippen LogP) is 7.44. The summed E-state index contributed by atoms with van der Waals surface area (Å²) in [7, 11) is 0. The summed E-state index contributed by atoms with van der Waals surface area (Å²) < 4.78 is 0. The molecule has 6 unspecified atom stereocenters. The van der Waals surface area contributed by atoms with E-state index in [0.29, 0.717) is 16.9 Å². The molecule has 2 N–H and O–H groups in total. The molecule has 0 aliphatic heterocycles. The van der Waals surface area contributed by atoms with Gasteiger partial charge in [-0.2, -0.15) is 0 Å². The maximum Gasteiger partial charge on any atom is 0.00418 e. The average molecular weight is 388 g/mol. The summed E-state index contributed by atoms with van der Waals surface area (Å²) in [5.74, 6) is 6.79. The number of fused-ring (bicyclic) bond motifs is 5. The summed E-state index contributed by atoms with van der Waals surface area (Å²) >= 11 is 0. The van der Waals surface area contributed by atoms with Gasteiger partial charge in [0, 0.05) is 6.04 Å². The van der Waals surface area contributed by atoms with Crippen LogP contribution in [0.25, 0.3) is 0 Å². The summed E-state index contributed by atoms with van der Waals surface area (Å²) in [6, 6.07) is 0.492. The van der Waals surface area contributed by atoms with E-state index in [1.54, 1.807) is 0 Å². The van der Waals surface area contributed by atoms with Crippen molar-refractivity contribution >= 4 is 0 Å². The van der Waals surface area contributed by atoms with Crippen LogP contribution in [0.1, 0.15) is 112 Å². The summed E-state index contributed by atoms with van der Waals surface area (Å²) in [4.78, 5) is 0. The van der Waals surface area contributed by atoms with Gasteiger partial charge < -0.3 is 5.73 Å². The molecule has 4 saturated carbocycles. The third kappa shape index (κ3) is 3.50. The first-order valence-electron chi connectivity index (χ1n) is 13.0. The Labute approximate surface area is 176 Å². The summed E-state index contributed by atoms with van der Waals surface area (Å²) in [5, 5.41) is 0. The maximum absolute atomic E-state index is 6.39. The molecular weight excluding hydrogens is 338 g/mol. The van der Waals surface area contributed by atoms with Crippen LogP contribution in [0.3, 0.4) is 0 Å². The quantitative estimate of drug-likeness (QED) is 0.521. The standard InChI is InChI=1S/C27H49N/c1-18(2)7-6-8-19(3)23-11-12-24-22-10-9-20-17-21(28)13-15-26(20,4)25(22)14-16-27(23,24)5/h18-25H,6-17,28H2,1-5H3/t19?,20?,21?,22?,23-,24?,25?,26+,27-/m1/s1. The second-order valence-corrected chi connectivity index (χ2v) is 12.7. The van der Waals surface area contributed by atoms with Crippen molar-refractivity contribution in [2.45, 2.75) is 118 Å². The molecular formula is C27H49N. The molecule has 28 heavy (non-hydrogen) atoms. The van der Waals surface area contributed by atoms with E-state index in [2.05, 4.69) is 34.6 Å². The summed E-state index contributed by atoms with van der Waals surface area (Å²) in [5.41, 5.74) is 7.64. The van der Waals surface area contributed by atoms with E-state index in [1.807, 2.05) is 0 Å². The largest absolute Gasteiger partial charge is 0.328 e. The Kier molecular flexibility index (Phi) is 5.98. The normalized spacial score (nSPS) is 49.4. The second kappa shape index (κ2) is 7.90. The third-order valence-corrected chi connectivity index (χ3v) is 10.9. The van der Waals surface area contributed by atoms with Crippen LogP contribution >= 0.6 is 0 Å². The predicted molar refractivity (Wildman–Crippen MR) is 121 cm³/mol. The lowest BCUT2D eigenvalue weighted by Crippen LogP contribution is -2.54. The van der Waals surface area contributed by atoms with Crippen molar-refractivity contribution in [3.8, 4) is 0 Å². The number of hydrogen-bond acceptors (Lipinski definition) is 1. The molecule has 0 bridgehead atoms. The van der Waals surface area contributed by atoms with Crippen LogP contribution in [0.5, 0.6) is 0 Å². The van der Waals surface area contributed by atoms with Gasteiger partial charge in [-0.1, -0.05) is 53.9 Å². The van der Waals surface area contributed by atoms with E-state index in [1.165, 1.54) is 77.0 Å². The Morgan fingerprint density at radius 1 is 0.821 bits per heavy atom. The van der Waals surface area contributed by atoms with Crippen LogP contribution < -0.4 is 5.73 Å². The molecule has 0 aromatic heterocycles.